The minimum Gasteiger partial charge on any atom is -0.494 e. The van der Waals surface area contributed by atoms with Gasteiger partial charge in [-0.25, -0.2) is 0 Å². The fraction of sp³-hybridized carbons (Fsp3) is 0.167. The third kappa shape index (κ3) is 4.40. The lowest BCUT2D eigenvalue weighted by molar-refractivity contribution is 0.102. The van der Waals surface area contributed by atoms with Crippen LogP contribution < -0.4 is 14.2 Å². The van der Waals surface area contributed by atoms with Crippen molar-refractivity contribution in [2.45, 2.75) is 12.1 Å². The van der Waals surface area contributed by atoms with E-state index in [0.717, 1.165) is 17.0 Å². The van der Waals surface area contributed by atoms with E-state index in [2.05, 4.69) is 15.2 Å². The van der Waals surface area contributed by atoms with E-state index >= 15 is 0 Å². The predicted octanol–water partition coefficient (Wildman–Crippen LogP) is 4.43. The molecule has 1 aliphatic heterocycles. The molecule has 0 saturated carbocycles. The van der Waals surface area contributed by atoms with Gasteiger partial charge in [0.1, 0.15) is 5.75 Å². The zero-order valence-electron chi connectivity index (χ0n) is 17.8. The molecule has 5 rings (SSSR count). The Morgan fingerprint density at radius 2 is 1.94 bits per heavy atom. The van der Waals surface area contributed by atoms with E-state index in [4.69, 9.17) is 14.2 Å². The second-order valence-corrected chi connectivity index (χ2v) is 8.03. The quantitative estimate of drug-likeness (QED) is 0.282. The normalized spacial score (nSPS) is 12.0. The summed E-state index contributed by atoms with van der Waals surface area (Å²) in [5.41, 5.74) is 2.25. The van der Waals surface area contributed by atoms with Gasteiger partial charge in [-0.3, -0.25) is 14.3 Å². The van der Waals surface area contributed by atoms with Crippen molar-refractivity contribution in [3.8, 4) is 34.3 Å². The Morgan fingerprint density at radius 3 is 2.73 bits per heavy atom. The number of aromatic nitrogens is 4. The number of hydrogen-bond acceptors (Lipinski definition) is 8. The Kier molecular flexibility index (Phi) is 5.95. The third-order valence-corrected chi connectivity index (χ3v) is 5.91. The third-order valence-electron chi connectivity index (χ3n) is 4.99. The second kappa shape index (κ2) is 9.33. The molecule has 0 radical (unpaired) electrons. The fourth-order valence-electron chi connectivity index (χ4n) is 3.42. The molecule has 4 aromatic rings. The number of benzene rings is 2. The van der Waals surface area contributed by atoms with Crippen molar-refractivity contribution in [1.29, 1.82) is 0 Å². The van der Waals surface area contributed by atoms with E-state index in [-0.39, 0.29) is 18.3 Å². The van der Waals surface area contributed by atoms with Crippen LogP contribution in [0, 0.1) is 0 Å². The first-order valence-corrected chi connectivity index (χ1v) is 11.4. The summed E-state index contributed by atoms with van der Waals surface area (Å²) >= 11 is 1.32. The molecule has 9 heteroatoms. The number of ether oxygens (including phenoxy) is 3. The van der Waals surface area contributed by atoms with Gasteiger partial charge in [-0.05, 0) is 61.5 Å². The minimum absolute atomic E-state index is 0.0394. The van der Waals surface area contributed by atoms with Crippen LogP contribution in [0.5, 0.6) is 17.2 Å². The van der Waals surface area contributed by atoms with E-state index in [1.165, 1.54) is 11.8 Å². The van der Waals surface area contributed by atoms with E-state index < -0.39 is 0 Å². The van der Waals surface area contributed by atoms with Crippen molar-refractivity contribution in [1.82, 2.24) is 19.7 Å². The number of carbonyl (C=O) groups excluding carboxylic acids is 1. The summed E-state index contributed by atoms with van der Waals surface area (Å²) in [6, 6.07) is 16.7. The van der Waals surface area contributed by atoms with E-state index in [1.54, 1.807) is 30.6 Å². The van der Waals surface area contributed by atoms with Gasteiger partial charge in [0.2, 0.25) is 6.79 Å². The molecular weight excluding hydrogens is 440 g/mol. The number of pyridine rings is 1. The smallest absolute Gasteiger partial charge is 0.231 e. The average molecular weight is 461 g/mol. The predicted molar refractivity (Wildman–Crippen MR) is 123 cm³/mol. The van der Waals surface area contributed by atoms with Gasteiger partial charge in [-0.2, -0.15) is 0 Å². The number of carbonyl (C=O) groups is 1. The average Bonchev–Trinajstić information content (AvgIpc) is 3.50. The van der Waals surface area contributed by atoms with Gasteiger partial charge in [0, 0.05) is 29.2 Å². The first kappa shape index (κ1) is 21.0. The molecule has 0 unspecified atom stereocenters. The van der Waals surface area contributed by atoms with Gasteiger partial charge in [0.25, 0.3) is 0 Å². The Bertz CT molecular complexity index is 1280. The Hall–Kier alpha value is -3.85. The van der Waals surface area contributed by atoms with Crippen molar-refractivity contribution in [3.05, 3.63) is 72.6 Å². The Balaban J connectivity index is 1.43. The van der Waals surface area contributed by atoms with Crippen molar-refractivity contribution < 1.29 is 19.0 Å². The van der Waals surface area contributed by atoms with Crippen molar-refractivity contribution in [2.75, 3.05) is 19.2 Å². The topological polar surface area (TPSA) is 88.4 Å². The van der Waals surface area contributed by atoms with Crippen molar-refractivity contribution in [3.63, 3.8) is 0 Å². The highest BCUT2D eigenvalue weighted by Gasteiger charge is 2.20. The Morgan fingerprint density at radius 1 is 1.09 bits per heavy atom. The molecule has 0 N–H and O–H groups in total. The van der Waals surface area contributed by atoms with Crippen LogP contribution in [0.2, 0.25) is 0 Å². The summed E-state index contributed by atoms with van der Waals surface area (Å²) in [7, 11) is 0. The molecular formula is C24H20N4O4S. The number of thioether (sulfide) groups is 1. The molecule has 0 fully saturated rings. The van der Waals surface area contributed by atoms with Crippen LogP contribution in [0.15, 0.2) is 72.1 Å². The summed E-state index contributed by atoms with van der Waals surface area (Å²) in [6.07, 6.45) is 3.45. The van der Waals surface area contributed by atoms with Crippen molar-refractivity contribution >= 4 is 17.5 Å². The largest absolute Gasteiger partial charge is 0.494 e. The molecule has 166 valence electrons. The summed E-state index contributed by atoms with van der Waals surface area (Å²) in [4.78, 5) is 17.1. The molecule has 0 spiro atoms. The Labute approximate surface area is 194 Å². The lowest BCUT2D eigenvalue weighted by atomic mass is 10.1. The van der Waals surface area contributed by atoms with Gasteiger partial charge in [-0.1, -0.05) is 11.8 Å². The summed E-state index contributed by atoms with van der Waals surface area (Å²) in [6.45, 7) is 2.71. The molecule has 0 saturated heterocycles. The van der Waals surface area contributed by atoms with Gasteiger partial charge >= 0.3 is 0 Å². The molecule has 0 aliphatic carbocycles. The monoisotopic (exact) mass is 460 g/mol. The van der Waals surface area contributed by atoms with E-state index in [0.29, 0.717) is 34.7 Å². The van der Waals surface area contributed by atoms with Crippen molar-refractivity contribution in [2.24, 2.45) is 0 Å². The summed E-state index contributed by atoms with van der Waals surface area (Å²) in [5, 5.41) is 9.37. The first-order valence-electron chi connectivity index (χ1n) is 10.4. The number of ketones is 1. The lowest BCUT2D eigenvalue weighted by Crippen LogP contribution is -2.05. The number of fused-ring (bicyclic) bond motifs is 1. The maximum Gasteiger partial charge on any atom is 0.231 e. The van der Waals surface area contributed by atoms with Gasteiger partial charge in [-0.15, -0.1) is 10.2 Å². The minimum atomic E-state index is -0.0394. The van der Waals surface area contributed by atoms with Crippen LogP contribution >= 0.6 is 11.8 Å². The molecule has 1 aliphatic rings. The van der Waals surface area contributed by atoms with Crippen LogP contribution in [0.4, 0.5) is 0 Å². The molecule has 0 bridgehead atoms. The molecule has 0 atom stereocenters. The number of nitrogens with zero attached hydrogens (tertiary/aromatic N) is 4. The zero-order chi connectivity index (χ0) is 22.6. The summed E-state index contributed by atoms with van der Waals surface area (Å²) < 4.78 is 18.2. The van der Waals surface area contributed by atoms with E-state index in [9.17, 15) is 4.79 Å². The van der Waals surface area contributed by atoms with Crippen LogP contribution in [-0.2, 0) is 0 Å². The van der Waals surface area contributed by atoms with Crippen LogP contribution in [0.1, 0.15) is 17.3 Å². The molecule has 0 amide bonds. The van der Waals surface area contributed by atoms with E-state index in [1.807, 2.05) is 47.9 Å². The first-order chi connectivity index (χ1) is 16.2. The highest BCUT2D eigenvalue weighted by atomic mass is 32.2. The molecule has 8 nitrogen and oxygen atoms in total. The SMILES string of the molecule is CCOc1ccc(-n2c(SCC(=O)c3ccc4c(c3)OCO4)nnc2-c2cccnc2)cc1. The summed E-state index contributed by atoms with van der Waals surface area (Å²) in [5.74, 6) is 2.82. The maximum atomic E-state index is 12.9. The number of hydrogen-bond donors (Lipinski definition) is 0. The second-order valence-electron chi connectivity index (χ2n) is 7.09. The zero-order valence-corrected chi connectivity index (χ0v) is 18.6. The van der Waals surface area contributed by atoms with Crippen LogP contribution in [-0.4, -0.2) is 44.7 Å². The highest BCUT2D eigenvalue weighted by molar-refractivity contribution is 7.99. The maximum absolute atomic E-state index is 12.9. The molecule has 2 aromatic heterocycles. The number of rotatable bonds is 8. The van der Waals surface area contributed by atoms with Gasteiger partial charge in [0.15, 0.2) is 28.3 Å². The fourth-order valence-corrected chi connectivity index (χ4v) is 4.27. The van der Waals surface area contributed by atoms with Gasteiger partial charge < -0.3 is 14.2 Å². The standard InChI is InChI=1S/C24H20N4O4S/c1-2-30-19-8-6-18(7-9-19)28-23(17-4-3-11-25-13-17)26-27-24(28)33-14-20(29)16-5-10-21-22(12-16)32-15-31-21/h3-13H,2,14-15H2,1H3. The molecule has 2 aromatic carbocycles. The van der Waals surface area contributed by atoms with Crippen LogP contribution in [0.3, 0.4) is 0 Å². The van der Waals surface area contributed by atoms with Crippen LogP contribution in [0.25, 0.3) is 17.1 Å². The molecule has 3 heterocycles. The molecule has 33 heavy (non-hydrogen) atoms. The lowest BCUT2D eigenvalue weighted by Gasteiger charge is -2.11. The van der Waals surface area contributed by atoms with Gasteiger partial charge in [0.05, 0.1) is 12.4 Å². The highest BCUT2D eigenvalue weighted by Crippen LogP contribution is 2.33. The number of Topliss-reactive ketones (excluding diaryl/α,β-unsaturated/α-hetero) is 1.